The molecule has 2 aliphatic rings. The highest BCUT2D eigenvalue weighted by molar-refractivity contribution is 4.91. The number of ether oxygens (including phenoxy) is 3. The van der Waals surface area contributed by atoms with Crippen LogP contribution in [0.4, 0.5) is 0 Å². The highest BCUT2D eigenvalue weighted by atomic mass is 16.7. The van der Waals surface area contributed by atoms with Crippen LogP contribution in [0.15, 0.2) is 0 Å². The van der Waals surface area contributed by atoms with Gasteiger partial charge in [0.1, 0.15) is 48.8 Å². The van der Waals surface area contributed by atoms with Crippen LogP contribution in [0.1, 0.15) is 0 Å². The zero-order valence-corrected chi connectivity index (χ0v) is 13.0. The number of rotatable bonds is 4. The molecule has 0 aliphatic carbocycles. The van der Waals surface area contributed by atoms with E-state index in [1.807, 2.05) is 0 Å². The van der Waals surface area contributed by atoms with Gasteiger partial charge in [-0.1, -0.05) is 0 Å². The minimum absolute atomic E-state index is 0. The van der Waals surface area contributed by atoms with Gasteiger partial charge in [0, 0.05) is 0 Å². The molecule has 0 aromatic rings. The summed E-state index contributed by atoms with van der Waals surface area (Å²) in [4.78, 5) is 0. The number of hydrogen-bond acceptors (Lipinski definition) is 11. The predicted octanol–water partition coefficient (Wildman–Crippen LogP) is -7.05. The van der Waals surface area contributed by atoms with Gasteiger partial charge in [0.15, 0.2) is 12.6 Å². The molecule has 0 spiro atoms. The van der Waals surface area contributed by atoms with Crippen molar-refractivity contribution in [1.29, 1.82) is 0 Å². The van der Waals surface area contributed by atoms with Crippen LogP contribution < -0.4 is 0 Å². The second-order valence-corrected chi connectivity index (χ2v) is 5.57. The molecule has 13 nitrogen and oxygen atoms in total. The quantitative estimate of drug-likeness (QED) is 0.228. The van der Waals surface area contributed by atoms with Crippen molar-refractivity contribution < 1.29 is 66.0 Å². The van der Waals surface area contributed by atoms with E-state index < -0.39 is 74.6 Å². The molecule has 0 aromatic heterocycles. The molecular formula is C12H26O13. The average Bonchev–Trinajstić information content (AvgIpc) is 2.54. The van der Waals surface area contributed by atoms with E-state index in [9.17, 15) is 35.7 Å². The summed E-state index contributed by atoms with van der Waals surface area (Å²) in [5, 5.41) is 76.1. The van der Waals surface area contributed by atoms with E-state index in [2.05, 4.69) is 0 Å². The van der Waals surface area contributed by atoms with Crippen molar-refractivity contribution in [2.45, 2.75) is 61.4 Å². The summed E-state index contributed by atoms with van der Waals surface area (Å²) in [5.74, 6) is 0. The maximum Gasteiger partial charge on any atom is 0.186 e. The van der Waals surface area contributed by atoms with Crippen molar-refractivity contribution in [2.24, 2.45) is 0 Å². The van der Waals surface area contributed by atoms with Gasteiger partial charge >= 0.3 is 0 Å². The van der Waals surface area contributed by atoms with Crippen molar-refractivity contribution in [2.75, 3.05) is 13.2 Å². The molecule has 2 fully saturated rings. The zero-order valence-electron chi connectivity index (χ0n) is 13.0. The van der Waals surface area contributed by atoms with Crippen molar-refractivity contribution in [3.63, 3.8) is 0 Å². The van der Waals surface area contributed by atoms with Gasteiger partial charge in [-0.25, -0.2) is 0 Å². The lowest BCUT2D eigenvalue weighted by Gasteiger charge is -2.41. The van der Waals surface area contributed by atoms with E-state index in [-0.39, 0.29) is 11.0 Å². The standard InChI is InChI=1S/C12H22O11.2H2O/c13-1-3-5(14)8(17)10(19)12(23-3)21-2-4-6(15)7(16)9(18)11(20)22-4;;/h3-20H,1-2H2;2*1H2/t3-,4-,5+,6-,7+,8+,9-,10-,11?,12+;;/m1../s1. The van der Waals surface area contributed by atoms with Crippen molar-refractivity contribution >= 4 is 0 Å². The van der Waals surface area contributed by atoms with Crippen LogP contribution in [0.2, 0.25) is 0 Å². The fourth-order valence-electron chi connectivity index (χ4n) is 2.46. The molecule has 2 aliphatic heterocycles. The maximum absolute atomic E-state index is 9.78. The van der Waals surface area contributed by atoms with Gasteiger partial charge in [-0.05, 0) is 0 Å². The van der Waals surface area contributed by atoms with Crippen LogP contribution in [0.3, 0.4) is 0 Å². The Balaban J connectivity index is 0.00000288. The molecule has 0 radical (unpaired) electrons. The smallest absolute Gasteiger partial charge is 0.186 e. The third-order valence-electron chi connectivity index (χ3n) is 3.96. The Hall–Kier alpha value is -0.520. The van der Waals surface area contributed by atoms with Gasteiger partial charge in [0.2, 0.25) is 0 Å². The van der Waals surface area contributed by atoms with E-state index >= 15 is 0 Å². The third kappa shape index (κ3) is 5.01. The number of hydrogen-bond donors (Lipinski definition) is 8. The first kappa shape index (κ1) is 24.5. The minimum atomic E-state index is -1.74. The van der Waals surface area contributed by atoms with Gasteiger partial charge in [-0.2, -0.15) is 0 Å². The second-order valence-electron chi connectivity index (χ2n) is 5.57. The lowest BCUT2D eigenvalue weighted by Crippen LogP contribution is -2.61. The number of aliphatic hydroxyl groups is 8. The molecule has 0 bridgehead atoms. The first-order chi connectivity index (χ1) is 10.8. The summed E-state index contributed by atoms with van der Waals surface area (Å²) in [5.41, 5.74) is 0. The monoisotopic (exact) mass is 378 g/mol. The fourth-order valence-corrected chi connectivity index (χ4v) is 2.46. The molecule has 12 N–H and O–H groups in total. The van der Waals surface area contributed by atoms with Crippen LogP contribution >= 0.6 is 0 Å². The van der Waals surface area contributed by atoms with E-state index in [4.69, 9.17) is 19.3 Å². The summed E-state index contributed by atoms with van der Waals surface area (Å²) < 4.78 is 15.1. The number of aliphatic hydroxyl groups excluding tert-OH is 8. The van der Waals surface area contributed by atoms with Crippen molar-refractivity contribution in [3.05, 3.63) is 0 Å². The molecule has 2 rings (SSSR count). The summed E-state index contributed by atoms with van der Waals surface area (Å²) in [6.07, 6.45) is -15.3. The maximum atomic E-state index is 9.78. The highest BCUT2D eigenvalue weighted by Crippen LogP contribution is 2.24. The zero-order chi connectivity index (χ0) is 17.3. The van der Waals surface area contributed by atoms with Crippen LogP contribution in [0.25, 0.3) is 0 Å². The largest absolute Gasteiger partial charge is 0.412 e. The Kier molecular flexibility index (Phi) is 9.77. The Morgan fingerprint density at radius 3 is 1.72 bits per heavy atom. The Morgan fingerprint density at radius 2 is 1.16 bits per heavy atom. The SMILES string of the molecule is O.O.OC[C@H]1O[C@H](OC[C@H]2OC(O)[C@H](O)[C@@H](O)[C@@H]2O)[C@H](O)[C@@H](O)[C@H]1O. The summed E-state index contributed by atoms with van der Waals surface area (Å²) in [6, 6.07) is 0. The lowest BCUT2D eigenvalue weighted by molar-refractivity contribution is -0.325. The molecule has 152 valence electrons. The average molecular weight is 378 g/mol. The second kappa shape index (κ2) is 9.98. The van der Waals surface area contributed by atoms with Gasteiger partial charge in [-0.15, -0.1) is 0 Å². The molecule has 0 aromatic carbocycles. The molecule has 25 heavy (non-hydrogen) atoms. The fraction of sp³-hybridized carbons (Fsp3) is 1.00. The molecule has 2 saturated heterocycles. The van der Waals surface area contributed by atoms with Gasteiger partial charge in [-0.3, -0.25) is 0 Å². The topological polar surface area (TPSA) is 253 Å². The van der Waals surface area contributed by atoms with Crippen LogP contribution in [-0.2, 0) is 14.2 Å². The highest BCUT2D eigenvalue weighted by Gasteiger charge is 2.46. The van der Waals surface area contributed by atoms with E-state index in [0.29, 0.717) is 0 Å². The predicted molar refractivity (Wildman–Crippen MR) is 75.8 cm³/mol. The van der Waals surface area contributed by atoms with Gasteiger partial charge in [0.25, 0.3) is 0 Å². The summed E-state index contributed by atoms with van der Waals surface area (Å²) >= 11 is 0. The molecular weight excluding hydrogens is 352 g/mol. The van der Waals surface area contributed by atoms with Crippen LogP contribution in [-0.4, -0.2) is 126 Å². The molecule has 0 amide bonds. The molecule has 13 heteroatoms. The first-order valence-electron chi connectivity index (χ1n) is 7.07. The molecule has 0 saturated carbocycles. The summed E-state index contributed by atoms with van der Waals surface area (Å²) in [7, 11) is 0. The minimum Gasteiger partial charge on any atom is -0.412 e. The Labute approximate surface area is 141 Å². The lowest BCUT2D eigenvalue weighted by atomic mass is 9.98. The first-order valence-corrected chi connectivity index (χ1v) is 7.07. The Morgan fingerprint density at radius 1 is 0.640 bits per heavy atom. The van der Waals surface area contributed by atoms with Crippen LogP contribution in [0, 0.1) is 0 Å². The van der Waals surface area contributed by atoms with Crippen molar-refractivity contribution in [3.8, 4) is 0 Å². The molecule has 1 unspecified atom stereocenters. The molecule has 10 atom stereocenters. The van der Waals surface area contributed by atoms with Gasteiger partial charge < -0.3 is 66.0 Å². The van der Waals surface area contributed by atoms with E-state index in [1.54, 1.807) is 0 Å². The third-order valence-corrected chi connectivity index (χ3v) is 3.96. The van der Waals surface area contributed by atoms with Crippen molar-refractivity contribution in [1.82, 2.24) is 0 Å². The Bertz CT molecular complexity index is 382. The molecule has 2 heterocycles. The van der Waals surface area contributed by atoms with E-state index in [1.165, 1.54) is 0 Å². The summed E-state index contributed by atoms with van der Waals surface area (Å²) in [6.45, 7) is -1.10. The van der Waals surface area contributed by atoms with E-state index in [0.717, 1.165) is 0 Å². The van der Waals surface area contributed by atoms with Crippen LogP contribution in [0.5, 0.6) is 0 Å². The normalized spacial score (nSPS) is 47.5. The van der Waals surface area contributed by atoms with Gasteiger partial charge in [0.05, 0.1) is 13.2 Å².